The molecule has 0 aliphatic carbocycles. The minimum atomic E-state index is 0.0242. The standard InChI is InChI=1S/C20H23ClN4O2S/c1-23-13-16(21)17(22-23)14-25(7-6-24-8-10-27-11-9-24)20(26)19-12-15-4-2-3-5-18(15)28-19/h2-5,12-13H,6-11,14H2,1H3. The Hall–Kier alpha value is -1.93. The monoisotopic (exact) mass is 418 g/mol. The zero-order valence-electron chi connectivity index (χ0n) is 15.8. The molecule has 6 nitrogen and oxygen atoms in total. The first-order valence-corrected chi connectivity index (χ1v) is 10.6. The summed E-state index contributed by atoms with van der Waals surface area (Å²) in [5.41, 5.74) is 0.723. The van der Waals surface area contributed by atoms with Crippen molar-refractivity contribution < 1.29 is 9.53 Å². The number of thiophene rings is 1. The van der Waals surface area contributed by atoms with Gasteiger partial charge in [-0.2, -0.15) is 5.10 Å². The molecule has 0 saturated carbocycles. The number of fused-ring (bicyclic) bond motifs is 1. The van der Waals surface area contributed by atoms with Crippen molar-refractivity contribution in [1.29, 1.82) is 0 Å². The SMILES string of the molecule is Cn1cc(Cl)c(CN(CCN2CCOCC2)C(=O)c2cc3ccccc3s2)n1. The maximum atomic E-state index is 13.3. The number of hydrogen-bond acceptors (Lipinski definition) is 5. The van der Waals surface area contributed by atoms with Crippen molar-refractivity contribution in [2.45, 2.75) is 6.54 Å². The van der Waals surface area contributed by atoms with Crippen LogP contribution in [0.25, 0.3) is 10.1 Å². The van der Waals surface area contributed by atoms with E-state index in [1.165, 1.54) is 11.3 Å². The van der Waals surface area contributed by atoms with Crippen LogP contribution in [0.2, 0.25) is 5.02 Å². The first-order valence-electron chi connectivity index (χ1n) is 9.36. The van der Waals surface area contributed by atoms with Gasteiger partial charge in [-0.05, 0) is 17.5 Å². The largest absolute Gasteiger partial charge is 0.379 e. The average Bonchev–Trinajstić information content (AvgIpc) is 3.27. The van der Waals surface area contributed by atoms with E-state index >= 15 is 0 Å². The molecular weight excluding hydrogens is 396 g/mol. The quantitative estimate of drug-likeness (QED) is 0.616. The number of carbonyl (C=O) groups excluding carboxylic acids is 1. The van der Waals surface area contributed by atoms with E-state index < -0.39 is 0 Å². The summed E-state index contributed by atoms with van der Waals surface area (Å²) in [6.07, 6.45) is 1.76. The lowest BCUT2D eigenvalue weighted by Crippen LogP contribution is -2.42. The van der Waals surface area contributed by atoms with Crippen molar-refractivity contribution >= 4 is 38.9 Å². The molecule has 0 atom stereocenters. The molecule has 0 spiro atoms. The Labute approximate surface area is 173 Å². The maximum Gasteiger partial charge on any atom is 0.264 e. The fraction of sp³-hybridized carbons (Fsp3) is 0.400. The topological polar surface area (TPSA) is 50.6 Å². The molecule has 1 aliphatic rings. The lowest BCUT2D eigenvalue weighted by molar-refractivity contribution is 0.0320. The van der Waals surface area contributed by atoms with Gasteiger partial charge in [0.1, 0.15) is 5.69 Å². The number of amides is 1. The average molecular weight is 419 g/mol. The molecule has 2 aromatic heterocycles. The van der Waals surface area contributed by atoms with Crippen molar-refractivity contribution in [2.24, 2.45) is 7.05 Å². The van der Waals surface area contributed by atoms with Gasteiger partial charge in [0.25, 0.3) is 5.91 Å². The van der Waals surface area contributed by atoms with E-state index in [0.717, 1.165) is 53.5 Å². The normalized spacial score (nSPS) is 15.2. The van der Waals surface area contributed by atoms with Crippen molar-refractivity contribution in [1.82, 2.24) is 19.6 Å². The van der Waals surface area contributed by atoms with Crippen molar-refractivity contribution in [3.63, 3.8) is 0 Å². The molecule has 1 aliphatic heterocycles. The molecule has 3 heterocycles. The third-order valence-corrected chi connectivity index (χ3v) is 6.33. The molecular formula is C20H23ClN4O2S. The molecule has 3 aromatic rings. The summed E-state index contributed by atoms with van der Waals surface area (Å²) in [4.78, 5) is 18.3. The maximum absolute atomic E-state index is 13.3. The predicted molar refractivity (Wildman–Crippen MR) is 112 cm³/mol. The molecule has 0 unspecified atom stereocenters. The molecule has 1 saturated heterocycles. The number of benzene rings is 1. The van der Waals surface area contributed by atoms with E-state index in [1.807, 2.05) is 42.3 Å². The first kappa shape index (κ1) is 19.4. The van der Waals surface area contributed by atoms with Gasteiger partial charge in [-0.1, -0.05) is 29.8 Å². The molecule has 0 bridgehead atoms. The van der Waals surface area contributed by atoms with Crippen LogP contribution < -0.4 is 0 Å². The van der Waals surface area contributed by atoms with E-state index in [1.54, 1.807) is 10.9 Å². The number of rotatable bonds is 6. The van der Waals surface area contributed by atoms with Gasteiger partial charge in [0.2, 0.25) is 0 Å². The van der Waals surface area contributed by atoms with Crippen LogP contribution in [-0.2, 0) is 18.3 Å². The number of aromatic nitrogens is 2. The Kier molecular flexibility index (Phi) is 5.96. The van der Waals surface area contributed by atoms with Crippen LogP contribution in [0.5, 0.6) is 0 Å². The summed E-state index contributed by atoms with van der Waals surface area (Å²) in [7, 11) is 1.83. The minimum Gasteiger partial charge on any atom is -0.379 e. The molecule has 0 radical (unpaired) electrons. The molecule has 1 fully saturated rings. The minimum absolute atomic E-state index is 0.0242. The highest BCUT2D eigenvalue weighted by atomic mass is 35.5. The highest BCUT2D eigenvalue weighted by molar-refractivity contribution is 7.20. The van der Waals surface area contributed by atoms with E-state index in [2.05, 4.69) is 10.00 Å². The Balaban J connectivity index is 1.55. The lowest BCUT2D eigenvalue weighted by atomic mass is 10.2. The van der Waals surface area contributed by atoms with E-state index in [0.29, 0.717) is 18.1 Å². The molecule has 148 valence electrons. The molecule has 0 N–H and O–H groups in total. The predicted octanol–water partition coefficient (Wildman–Crippen LogP) is 3.26. The van der Waals surface area contributed by atoms with Crippen LogP contribution in [0.3, 0.4) is 0 Å². The van der Waals surface area contributed by atoms with Gasteiger partial charge in [-0.3, -0.25) is 14.4 Å². The summed E-state index contributed by atoms with van der Waals surface area (Å²) >= 11 is 7.84. The van der Waals surface area contributed by atoms with Gasteiger partial charge in [0.15, 0.2) is 0 Å². The summed E-state index contributed by atoms with van der Waals surface area (Å²) in [6, 6.07) is 10.1. The van der Waals surface area contributed by atoms with Gasteiger partial charge in [0, 0.05) is 44.1 Å². The van der Waals surface area contributed by atoms with Crippen LogP contribution in [0.15, 0.2) is 36.5 Å². The lowest BCUT2D eigenvalue weighted by Gasteiger charge is -2.29. The summed E-state index contributed by atoms with van der Waals surface area (Å²) in [6.45, 7) is 5.12. The highest BCUT2D eigenvalue weighted by Gasteiger charge is 2.22. The van der Waals surface area contributed by atoms with Gasteiger partial charge >= 0.3 is 0 Å². The van der Waals surface area contributed by atoms with Crippen LogP contribution in [0, 0.1) is 0 Å². The van der Waals surface area contributed by atoms with Gasteiger partial charge in [0.05, 0.1) is 29.7 Å². The van der Waals surface area contributed by atoms with Crippen molar-refractivity contribution in [3.05, 3.63) is 52.1 Å². The van der Waals surface area contributed by atoms with Gasteiger partial charge in [-0.25, -0.2) is 0 Å². The number of aryl methyl sites for hydroxylation is 1. The summed E-state index contributed by atoms with van der Waals surface area (Å²) in [5, 5.41) is 6.11. The second-order valence-corrected chi connectivity index (χ2v) is 8.42. The van der Waals surface area contributed by atoms with Gasteiger partial charge in [-0.15, -0.1) is 11.3 Å². The van der Waals surface area contributed by atoms with E-state index in [4.69, 9.17) is 16.3 Å². The number of halogens is 1. The number of carbonyl (C=O) groups is 1. The molecule has 8 heteroatoms. The Morgan fingerprint density at radius 3 is 2.82 bits per heavy atom. The van der Waals surface area contributed by atoms with Crippen molar-refractivity contribution in [2.75, 3.05) is 39.4 Å². The fourth-order valence-electron chi connectivity index (χ4n) is 3.38. The molecule has 1 amide bonds. The van der Waals surface area contributed by atoms with Crippen LogP contribution in [0.1, 0.15) is 15.4 Å². The summed E-state index contributed by atoms with van der Waals surface area (Å²) in [5.74, 6) is 0.0242. The molecule has 28 heavy (non-hydrogen) atoms. The van der Waals surface area contributed by atoms with Crippen LogP contribution >= 0.6 is 22.9 Å². The third-order valence-electron chi connectivity index (χ3n) is 4.91. The Morgan fingerprint density at radius 2 is 2.11 bits per heavy atom. The number of hydrogen-bond donors (Lipinski definition) is 0. The molecule has 1 aromatic carbocycles. The smallest absolute Gasteiger partial charge is 0.264 e. The second kappa shape index (κ2) is 8.61. The van der Waals surface area contributed by atoms with Crippen LogP contribution in [-0.4, -0.2) is 64.9 Å². The van der Waals surface area contributed by atoms with Crippen molar-refractivity contribution in [3.8, 4) is 0 Å². The number of nitrogens with zero attached hydrogens (tertiary/aromatic N) is 4. The Morgan fingerprint density at radius 1 is 1.32 bits per heavy atom. The number of morpholine rings is 1. The second-order valence-electron chi connectivity index (χ2n) is 6.93. The van der Waals surface area contributed by atoms with Crippen LogP contribution in [0.4, 0.5) is 0 Å². The van der Waals surface area contributed by atoms with E-state index in [-0.39, 0.29) is 5.91 Å². The summed E-state index contributed by atoms with van der Waals surface area (Å²) < 4.78 is 8.22. The fourth-order valence-corrected chi connectivity index (χ4v) is 4.65. The zero-order valence-corrected chi connectivity index (χ0v) is 17.4. The Bertz CT molecular complexity index is 931. The van der Waals surface area contributed by atoms with Gasteiger partial charge < -0.3 is 9.64 Å². The molecule has 4 rings (SSSR count). The third kappa shape index (κ3) is 4.38. The highest BCUT2D eigenvalue weighted by Crippen LogP contribution is 2.27. The number of ether oxygens (including phenoxy) is 1. The van der Waals surface area contributed by atoms with E-state index in [9.17, 15) is 4.79 Å². The first-order chi connectivity index (χ1) is 13.6. The zero-order chi connectivity index (χ0) is 19.5.